The molecule has 0 amide bonds. The van der Waals surface area contributed by atoms with Gasteiger partial charge in [0, 0.05) is 18.0 Å². The molecule has 0 bridgehead atoms. The normalized spacial score (nSPS) is 11.9. The Morgan fingerprint density at radius 2 is 1.74 bits per heavy atom. The minimum Gasteiger partial charge on any atom is -0.481 e. The molecule has 0 spiro atoms. The van der Waals surface area contributed by atoms with Gasteiger partial charge < -0.3 is 9.67 Å². The number of hydrogen-bond acceptors (Lipinski definition) is 2. The average Bonchev–Trinajstić information content (AvgIpc) is 2.85. The Bertz CT molecular complexity index is 995. The van der Waals surface area contributed by atoms with Crippen LogP contribution < -0.4 is 0 Å². The molecule has 0 unspecified atom stereocenters. The first-order valence-corrected chi connectivity index (χ1v) is 9.58. The summed E-state index contributed by atoms with van der Waals surface area (Å²) in [7, 11) is 0. The van der Waals surface area contributed by atoms with Gasteiger partial charge in [0.1, 0.15) is 5.82 Å². The molecule has 1 N–H and O–H groups in total. The number of fused-ring (bicyclic) bond motifs is 1. The zero-order chi connectivity index (χ0) is 19.8. The predicted molar refractivity (Wildman–Crippen MR) is 110 cm³/mol. The lowest BCUT2D eigenvalue weighted by Crippen LogP contribution is -2.22. The lowest BCUT2D eigenvalue weighted by Gasteiger charge is -2.22. The number of imidazole rings is 1. The molecule has 0 aliphatic heterocycles. The monoisotopic (exact) mass is 424 g/mol. The first kappa shape index (κ1) is 20.0. The molecule has 27 heavy (non-hydrogen) atoms. The Balaban J connectivity index is 2.07. The molecule has 2 aromatic carbocycles. The number of hydrogen-bond donors (Lipinski definition) is 1. The van der Waals surface area contributed by atoms with Gasteiger partial charge >= 0.3 is 5.97 Å². The van der Waals surface area contributed by atoms with Gasteiger partial charge in [-0.05, 0) is 35.2 Å². The lowest BCUT2D eigenvalue weighted by atomic mass is 9.85. The number of carboxylic acids is 1. The third-order valence-corrected chi connectivity index (χ3v) is 5.36. The summed E-state index contributed by atoms with van der Waals surface area (Å²) in [6.45, 7) is 4.42. The number of benzene rings is 2. The highest BCUT2D eigenvalue weighted by molar-refractivity contribution is 6.42. The molecule has 0 aliphatic rings. The first-order chi connectivity index (χ1) is 12.6. The van der Waals surface area contributed by atoms with Gasteiger partial charge in [0.05, 0.1) is 27.5 Å². The van der Waals surface area contributed by atoms with Crippen LogP contribution in [0.15, 0.2) is 36.4 Å². The summed E-state index contributed by atoms with van der Waals surface area (Å²) in [4.78, 5) is 15.9. The van der Waals surface area contributed by atoms with E-state index in [4.69, 9.17) is 39.8 Å². The second-order valence-electron chi connectivity index (χ2n) is 7.41. The molecular weight excluding hydrogens is 407 g/mol. The molecule has 1 aromatic heterocycles. The van der Waals surface area contributed by atoms with Crippen LogP contribution in [0.2, 0.25) is 15.1 Å². The van der Waals surface area contributed by atoms with Crippen LogP contribution >= 0.6 is 34.8 Å². The number of rotatable bonds is 6. The van der Waals surface area contributed by atoms with Crippen molar-refractivity contribution in [1.82, 2.24) is 9.55 Å². The van der Waals surface area contributed by atoms with Crippen LogP contribution in [-0.4, -0.2) is 20.6 Å². The van der Waals surface area contributed by atoms with Crippen LogP contribution in [0.25, 0.3) is 11.0 Å². The van der Waals surface area contributed by atoms with Crippen LogP contribution in [-0.2, 0) is 17.8 Å². The van der Waals surface area contributed by atoms with Crippen molar-refractivity contribution in [2.45, 2.75) is 33.2 Å². The van der Waals surface area contributed by atoms with E-state index in [-0.39, 0.29) is 6.42 Å². The molecule has 0 aliphatic carbocycles. The Hall–Kier alpha value is -1.75. The maximum Gasteiger partial charge on any atom is 0.303 e. The summed E-state index contributed by atoms with van der Waals surface area (Å²) in [5, 5.41) is 10.8. The third kappa shape index (κ3) is 4.75. The molecule has 0 fully saturated rings. The molecule has 0 atom stereocenters. The summed E-state index contributed by atoms with van der Waals surface area (Å²) < 4.78 is 2.06. The van der Waals surface area contributed by atoms with Crippen LogP contribution in [0.3, 0.4) is 0 Å². The highest BCUT2D eigenvalue weighted by Crippen LogP contribution is 2.32. The van der Waals surface area contributed by atoms with E-state index in [1.165, 1.54) is 0 Å². The van der Waals surface area contributed by atoms with E-state index < -0.39 is 11.4 Å². The standard InChI is InChI=1S/C20H19Cl3N2O2/c1-20(2,10-19(26)27)9-18-24-16-7-14(22)15(23)8-17(16)25(18)11-12-3-5-13(21)6-4-12/h3-8H,9-11H2,1-2H3,(H,26,27). The molecular formula is C20H19Cl3N2O2. The quantitative estimate of drug-likeness (QED) is 0.520. The van der Waals surface area contributed by atoms with Crippen LogP contribution in [0.1, 0.15) is 31.7 Å². The van der Waals surface area contributed by atoms with E-state index >= 15 is 0 Å². The van der Waals surface area contributed by atoms with Gasteiger partial charge in [-0.3, -0.25) is 4.79 Å². The minimum atomic E-state index is -0.827. The molecule has 3 aromatic rings. The number of aromatic nitrogens is 2. The molecule has 1 heterocycles. The summed E-state index contributed by atoms with van der Waals surface area (Å²) >= 11 is 18.4. The van der Waals surface area contributed by atoms with Gasteiger partial charge in [-0.1, -0.05) is 60.8 Å². The van der Waals surface area contributed by atoms with Crippen LogP contribution in [0.5, 0.6) is 0 Å². The number of aliphatic carboxylic acids is 1. The van der Waals surface area contributed by atoms with E-state index in [9.17, 15) is 9.90 Å². The highest BCUT2D eigenvalue weighted by atomic mass is 35.5. The van der Waals surface area contributed by atoms with Gasteiger partial charge in [-0.2, -0.15) is 0 Å². The highest BCUT2D eigenvalue weighted by Gasteiger charge is 2.26. The molecule has 0 saturated heterocycles. The van der Waals surface area contributed by atoms with Crippen molar-refractivity contribution in [3.05, 3.63) is 62.9 Å². The van der Waals surface area contributed by atoms with Crippen molar-refractivity contribution in [2.75, 3.05) is 0 Å². The van der Waals surface area contributed by atoms with Crippen LogP contribution in [0.4, 0.5) is 0 Å². The Labute approximate surface area is 172 Å². The smallest absolute Gasteiger partial charge is 0.303 e. The van der Waals surface area contributed by atoms with E-state index in [0.29, 0.717) is 28.0 Å². The van der Waals surface area contributed by atoms with Crippen molar-refractivity contribution in [2.24, 2.45) is 5.41 Å². The molecule has 0 radical (unpaired) electrons. The maximum atomic E-state index is 11.2. The summed E-state index contributed by atoms with van der Waals surface area (Å²) in [5.74, 6) is -0.0315. The molecule has 142 valence electrons. The van der Waals surface area contributed by atoms with Crippen molar-refractivity contribution in [3.8, 4) is 0 Å². The fraction of sp³-hybridized carbons (Fsp3) is 0.300. The third-order valence-electron chi connectivity index (χ3n) is 4.39. The number of halogens is 3. The van der Waals surface area contributed by atoms with Gasteiger partial charge in [-0.25, -0.2) is 4.98 Å². The average molecular weight is 426 g/mol. The second-order valence-corrected chi connectivity index (χ2v) is 8.66. The maximum absolute atomic E-state index is 11.2. The number of nitrogens with zero attached hydrogens (tertiary/aromatic N) is 2. The van der Waals surface area contributed by atoms with E-state index in [1.54, 1.807) is 12.1 Å². The Morgan fingerprint density at radius 3 is 2.37 bits per heavy atom. The SMILES string of the molecule is CC(C)(CC(=O)O)Cc1nc2cc(Cl)c(Cl)cc2n1Cc1ccc(Cl)cc1. The van der Waals surface area contributed by atoms with E-state index in [2.05, 4.69) is 4.57 Å². The van der Waals surface area contributed by atoms with Crippen molar-refractivity contribution in [3.63, 3.8) is 0 Å². The largest absolute Gasteiger partial charge is 0.481 e. The van der Waals surface area contributed by atoms with Gasteiger partial charge in [0.2, 0.25) is 0 Å². The topological polar surface area (TPSA) is 55.1 Å². The van der Waals surface area contributed by atoms with Crippen molar-refractivity contribution >= 4 is 51.8 Å². The Morgan fingerprint density at radius 1 is 1.11 bits per heavy atom. The van der Waals surface area contributed by atoms with E-state index in [0.717, 1.165) is 22.4 Å². The molecule has 3 rings (SSSR count). The predicted octanol–water partition coefficient (Wildman–Crippen LogP) is 6.09. The summed E-state index contributed by atoms with van der Waals surface area (Å²) in [6.07, 6.45) is 0.565. The second kappa shape index (κ2) is 7.70. The minimum absolute atomic E-state index is 0.0542. The first-order valence-electron chi connectivity index (χ1n) is 8.45. The fourth-order valence-electron chi connectivity index (χ4n) is 3.15. The van der Waals surface area contributed by atoms with Gasteiger partial charge in [0.15, 0.2) is 0 Å². The summed E-state index contributed by atoms with van der Waals surface area (Å²) in [5.41, 5.74) is 2.21. The summed E-state index contributed by atoms with van der Waals surface area (Å²) in [6, 6.07) is 11.1. The van der Waals surface area contributed by atoms with Crippen molar-refractivity contribution < 1.29 is 9.90 Å². The van der Waals surface area contributed by atoms with Crippen molar-refractivity contribution in [1.29, 1.82) is 0 Å². The van der Waals surface area contributed by atoms with Gasteiger partial charge in [0.25, 0.3) is 0 Å². The molecule has 0 saturated carbocycles. The molecule has 7 heteroatoms. The number of carboxylic acid groups (broad SMARTS) is 1. The zero-order valence-electron chi connectivity index (χ0n) is 15.0. The zero-order valence-corrected chi connectivity index (χ0v) is 17.2. The fourth-order valence-corrected chi connectivity index (χ4v) is 3.60. The van der Waals surface area contributed by atoms with E-state index in [1.807, 2.05) is 38.1 Å². The van der Waals surface area contributed by atoms with Crippen LogP contribution in [0, 0.1) is 5.41 Å². The van der Waals surface area contributed by atoms with Gasteiger partial charge in [-0.15, -0.1) is 0 Å². The lowest BCUT2D eigenvalue weighted by molar-refractivity contribution is -0.139. The number of carbonyl (C=O) groups is 1. The molecule has 4 nitrogen and oxygen atoms in total. The Kier molecular flexibility index (Phi) is 5.71.